The van der Waals surface area contributed by atoms with Crippen molar-refractivity contribution in [3.63, 3.8) is 0 Å². The Morgan fingerprint density at radius 1 is 1.16 bits per heavy atom. The molecule has 2 aromatic heterocycles. The van der Waals surface area contributed by atoms with E-state index >= 15 is 0 Å². The number of aromatic nitrogens is 2. The normalized spacial score (nSPS) is 10.4. The molecule has 128 valence electrons. The number of carbonyl (C=O) groups excluding carboxylic acids is 1. The van der Waals surface area contributed by atoms with Gasteiger partial charge in [0.05, 0.1) is 5.69 Å². The third kappa shape index (κ3) is 5.27. The zero-order chi connectivity index (χ0) is 17.5. The van der Waals surface area contributed by atoms with Gasteiger partial charge in [0.25, 0.3) is 0 Å². The van der Waals surface area contributed by atoms with E-state index < -0.39 is 0 Å². The van der Waals surface area contributed by atoms with Crippen molar-refractivity contribution in [2.75, 3.05) is 6.54 Å². The Kier molecular flexibility index (Phi) is 5.98. The van der Waals surface area contributed by atoms with Crippen molar-refractivity contribution >= 4 is 29.0 Å². The molecular weight excluding hydrogens is 356 g/mol. The first-order chi connectivity index (χ1) is 12.2. The van der Waals surface area contributed by atoms with Gasteiger partial charge >= 0.3 is 6.03 Å². The fourth-order valence-electron chi connectivity index (χ4n) is 2.24. The highest BCUT2D eigenvalue weighted by atomic mass is 35.5. The molecule has 0 unspecified atom stereocenters. The summed E-state index contributed by atoms with van der Waals surface area (Å²) in [6.45, 7) is 0.968. The molecule has 2 heterocycles. The lowest BCUT2D eigenvalue weighted by Gasteiger charge is -2.07. The standard InChI is InChI=1S/C18H17ClN4OS/c19-15-3-1-2-13(10-15)11-22-18(24)21-9-6-16-12-25-17(23-16)14-4-7-20-8-5-14/h1-5,7-8,10,12H,6,9,11H2,(H2,21,22,24). The summed E-state index contributed by atoms with van der Waals surface area (Å²) in [5.41, 5.74) is 2.98. The SMILES string of the molecule is O=C(NCCc1csc(-c2ccncc2)n1)NCc1cccc(Cl)c1. The highest BCUT2D eigenvalue weighted by molar-refractivity contribution is 7.13. The predicted octanol–water partition coefficient (Wildman–Crippen LogP) is 3.90. The lowest BCUT2D eigenvalue weighted by molar-refractivity contribution is 0.240. The molecule has 3 aromatic rings. The molecule has 0 saturated heterocycles. The molecule has 0 fully saturated rings. The van der Waals surface area contributed by atoms with Crippen LogP contribution in [-0.4, -0.2) is 22.5 Å². The van der Waals surface area contributed by atoms with E-state index in [0.29, 0.717) is 24.5 Å². The van der Waals surface area contributed by atoms with Crippen molar-refractivity contribution in [1.29, 1.82) is 0 Å². The average Bonchev–Trinajstić information content (AvgIpc) is 3.10. The second-order valence-corrected chi connectivity index (χ2v) is 6.66. The fraction of sp³-hybridized carbons (Fsp3) is 0.167. The first-order valence-electron chi connectivity index (χ1n) is 7.81. The number of pyridine rings is 1. The molecule has 2 N–H and O–H groups in total. The fourth-order valence-corrected chi connectivity index (χ4v) is 3.32. The molecule has 0 radical (unpaired) electrons. The van der Waals surface area contributed by atoms with Crippen LogP contribution in [0.25, 0.3) is 10.6 Å². The van der Waals surface area contributed by atoms with Crippen LogP contribution in [0.2, 0.25) is 5.02 Å². The Bertz CT molecular complexity index is 838. The van der Waals surface area contributed by atoms with Gasteiger partial charge in [-0.2, -0.15) is 0 Å². The quantitative estimate of drug-likeness (QED) is 0.689. The first kappa shape index (κ1) is 17.4. The van der Waals surface area contributed by atoms with E-state index in [4.69, 9.17) is 11.6 Å². The minimum atomic E-state index is -0.204. The number of urea groups is 1. The van der Waals surface area contributed by atoms with Crippen molar-refractivity contribution in [2.45, 2.75) is 13.0 Å². The average molecular weight is 373 g/mol. The largest absolute Gasteiger partial charge is 0.338 e. The molecule has 0 aliphatic carbocycles. The van der Waals surface area contributed by atoms with Crippen molar-refractivity contribution in [3.8, 4) is 10.6 Å². The summed E-state index contributed by atoms with van der Waals surface area (Å²) in [5.74, 6) is 0. The maximum absolute atomic E-state index is 11.8. The topological polar surface area (TPSA) is 66.9 Å². The van der Waals surface area contributed by atoms with Gasteiger partial charge in [0, 0.05) is 47.9 Å². The van der Waals surface area contributed by atoms with Gasteiger partial charge in [0.1, 0.15) is 5.01 Å². The van der Waals surface area contributed by atoms with E-state index in [9.17, 15) is 4.79 Å². The van der Waals surface area contributed by atoms with E-state index in [1.54, 1.807) is 29.8 Å². The van der Waals surface area contributed by atoms with Gasteiger partial charge in [0.2, 0.25) is 0 Å². The second-order valence-electron chi connectivity index (χ2n) is 5.37. The summed E-state index contributed by atoms with van der Waals surface area (Å²) in [7, 11) is 0. The van der Waals surface area contributed by atoms with Crippen molar-refractivity contribution < 1.29 is 4.79 Å². The lowest BCUT2D eigenvalue weighted by Crippen LogP contribution is -2.36. The number of thiazole rings is 1. The van der Waals surface area contributed by atoms with Gasteiger partial charge < -0.3 is 10.6 Å². The predicted molar refractivity (Wildman–Crippen MR) is 101 cm³/mol. The highest BCUT2D eigenvalue weighted by Gasteiger charge is 2.05. The number of hydrogen-bond donors (Lipinski definition) is 2. The van der Waals surface area contributed by atoms with Gasteiger partial charge in [-0.25, -0.2) is 9.78 Å². The summed E-state index contributed by atoms with van der Waals surface area (Å²) in [5, 5.41) is 9.28. The number of benzene rings is 1. The minimum absolute atomic E-state index is 0.204. The van der Waals surface area contributed by atoms with Crippen LogP contribution in [0.1, 0.15) is 11.3 Å². The number of nitrogens with zero attached hydrogens (tertiary/aromatic N) is 2. The molecule has 2 amide bonds. The van der Waals surface area contributed by atoms with Crippen molar-refractivity contribution in [1.82, 2.24) is 20.6 Å². The third-order valence-corrected chi connectivity index (χ3v) is 4.66. The van der Waals surface area contributed by atoms with E-state index in [1.807, 2.05) is 35.7 Å². The molecule has 1 aromatic carbocycles. The summed E-state index contributed by atoms with van der Waals surface area (Å²) < 4.78 is 0. The highest BCUT2D eigenvalue weighted by Crippen LogP contribution is 2.22. The molecular formula is C18H17ClN4OS. The summed E-state index contributed by atoms with van der Waals surface area (Å²) in [6.07, 6.45) is 4.19. The maximum Gasteiger partial charge on any atom is 0.315 e. The Balaban J connectivity index is 1.42. The molecule has 5 nitrogen and oxygen atoms in total. The molecule has 0 bridgehead atoms. The summed E-state index contributed by atoms with van der Waals surface area (Å²) in [4.78, 5) is 20.4. The number of nitrogens with one attached hydrogen (secondary N) is 2. The number of amides is 2. The van der Waals surface area contributed by atoms with E-state index in [-0.39, 0.29) is 6.03 Å². The second kappa shape index (κ2) is 8.60. The Morgan fingerprint density at radius 3 is 2.80 bits per heavy atom. The monoisotopic (exact) mass is 372 g/mol. The smallest absolute Gasteiger partial charge is 0.315 e. The Labute approximate surface area is 155 Å². The van der Waals surface area contributed by atoms with Gasteiger partial charge in [-0.05, 0) is 29.8 Å². The molecule has 0 saturated carbocycles. The van der Waals surface area contributed by atoms with Crippen molar-refractivity contribution in [2.24, 2.45) is 0 Å². The Morgan fingerprint density at radius 2 is 2.00 bits per heavy atom. The number of carbonyl (C=O) groups is 1. The number of rotatable bonds is 6. The van der Waals surface area contributed by atoms with Crippen LogP contribution < -0.4 is 10.6 Å². The lowest BCUT2D eigenvalue weighted by atomic mass is 10.2. The van der Waals surface area contributed by atoms with Crippen molar-refractivity contribution in [3.05, 3.63) is 70.5 Å². The van der Waals surface area contributed by atoms with Crippen LogP contribution in [0.4, 0.5) is 4.79 Å². The van der Waals surface area contributed by atoms with Gasteiger partial charge in [-0.1, -0.05) is 23.7 Å². The molecule has 25 heavy (non-hydrogen) atoms. The summed E-state index contributed by atoms with van der Waals surface area (Å²) >= 11 is 7.51. The zero-order valence-electron chi connectivity index (χ0n) is 13.4. The van der Waals surface area contributed by atoms with Crippen LogP contribution in [0.5, 0.6) is 0 Å². The molecule has 3 rings (SSSR count). The van der Waals surface area contributed by atoms with Crippen LogP contribution in [0, 0.1) is 0 Å². The number of hydrogen-bond acceptors (Lipinski definition) is 4. The molecule has 0 aliphatic rings. The number of halogens is 1. The Hall–Kier alpha value is -2.44. The zero-order valence-corrected chi connectivity index (χ0v) is 15.0. The van der Waals surface area contributed by atoms with Crippen LogP contribution in [0.15, 0.2) is 54.2 Å². The van der Waals surface area contributed by atoms with Gasteiger partial charge in [-0.15, -0.1) is 11.3 Å². The van der Waals surface area contributed by atoms with Gasteiger partial charge in [-0.3, -0.25) is 4.98 Å². The van der Waals surface area contributed by atoms with Crippen LogP contribution >= 0.6 is 22.9 Å². The molecule has 0 spiro atoms. The minimum Gasteiger partial charge on any atom is -0.338 e. The molecule has 0 atom stereocenters. The van der Waals surface area contributed by atoms with Gasteiger partial charge in [0.15, 0.2) is 0 Å². The van der Waals surface area contributed by atoms with Crippen LogP contribution in [0.3, 0.4) is 0 Å². The maximum atomic E-state index is 11.8. The molecule has 0 aliphatic heterocycles. The molecule has 7 heteroatoms. The van der Waals surface area contributed by atoms with E-state index in [0.717, 1.165) is 21.8 Å². The third-order valence-electron chi connectivity index (χ3n) is 3.49. The van der Waals surface area contributed by atoms with E-state index in [2.05, 4.69) is 20.6 Å². The first-order valence-corrected chi connectivity index (χ1v) is 9.07. The van der Waals surface area contributed by atoms with Crippen LogP contribution in [-0.2, 0) is 13.0 Å². The van der Waals surface area contributed by atoms with E-state index in [1.165, 1.54) is 0 Å². The summed E-state index contributed by atoms with van der Waals surface area (Å²) in [6, 6.07) is 11.1.